The Kier molecular flexibility index (Phi) is 7.29. The summed E-state index contributed by atoms with van der Waals surface area (Å²) in [5.41, 5.74) is -1.11. The number of ether oxygens (including phenoxy) is 2. The molecule has 1 atom stereocenters. The van der Waals surface area contributed by atoms with E-state index < -0.39 is 17.4 Å². The molecule has 1 aliphatic heterocycles. The first-order valence-electron chi connectivity index (χ1n) is 9.91. The molecule has 2 aromatic rings. The van der Waals surface area contributed by atoms with Gasteiger partial charge in [0.15, 0.2) is 0 Å². The van der Waals surface area contributed by atoms with E-state index in [4.69, 9.17) is 9.47 Å². The third kappa shape index (κ3) is 6.07. The molecule has 7 nitrogen and oxygen atoms in total. The summed E-state index contributed by atoms with van der Waals surface area (Å²) in [4.78, 5) is 21.3. The van der Waals surface area contributed by atoms with E-state index in [2.05, 4.69) is 39.0 Å². The summed E-state index contributed by atoms with van der Waals surface area (Å²) in [6, 6.07) is 4.56. The summed E-state index contributed by atoms with van der Waals surface area (Å²) in [7, 11) is 2.92. The number of nitrogens with one attached hydrogen (secondary N) is 1. The minimum atomic E-state index is -4.68. The van der Waals surface area contributed by atoms with Crippen molar-refractivity contribution in [2.24, 2.45) is 0 Å². The van der Waals surface area contributed by atoms with Crippen molar-refractivity contribution in [2.75, 3.05) is 32.6 Å². The summed E-state index contributed by atoms with van der Waals surface area (Å²) in [6.45, 7) is 2.41. The zero-order valence-corrected chi connectivity index (χ0v) is 18.2. The summed E-state index contributed by atoms with van der Waals surface area (Å²) < 4.78 is 50.8. The molecule has 33 heavy (non-hydrogen) atoms. The summed E-state index contributed by atoms with van der Waals surface area (Å²) in [5, 5.41) is 2.98. The molecule has 1 N–H and O–H groups in total. The molecule has 1 saturated heterocycles. The average Bonchev–Trinajstić information content (AvgIpc) is 3.25. The van der Waals surface area contributed by atoms with Gasteiger partial charge in [0.25, 0.3) is 5.91 Å². The van der Waals surface area contributed by atoms with Crippen molar-refractivity contribution in [3.05, 3.63) is 41.2 Å². The SMILES string of the molecule is CC#CC(=O)N1CC[C@H](Nc2ncc(C(F)(F)F)c(C#Cc3cc(OC)cc(OC)c3)n2)C1. The van der Waals surface area contributed by atoms with Gasteiger partial charge in [-0.25, -0.2) is 9.97 Å². The quantitative estimate of drug-likeness (QED) is 0.711. The number of hydrogen-bond acceptors (Lipinski definition) is 6. The maximum atomic E-state index is 13.5. The molecule has 0 spiro atoms. The molecule has 1 fully saturated rings. The van der Waals surface area contributed by atoms with E-state index >= 15 is 0 Å². The molecule has 1 aromatic heterocycles. The van der Waals surface area contributed by atoms with Crippen LogP contribution >= 0.6 is 0 Å². The molecule has 1 aromatic carbocycles. The van der Waals surface area contributed by atoms with E-state index in [0.717, 1.165) is 0 Å². The number of likely N-dealkylation sites (tertiary alicyclic amines) is 1. The van der Waals surface area contributed by atoms with Gasteiger partial charge in [-0.2, -0.15) is 13.2 Å². The fraction of sp³-hybridized carbons (Fsp3) is 0.348. The van der Waals surface area contributed by atoms with E-state index in [-0.39, 0.29) is 17.9 Å². The summed E-state index contributed by atoms with van der Waals surface area (Å²) in [5.74, 6) is 10.8. The lowest BCUT2D eigenvalue weighted by Crippen LogP contribution is -2.31. The second-order valence-corrected chi connectivity index (χ2v) is 7.06. The van der Waals surface area contributed by atoms with Crippen LogP contribution in [0.15, 0.2) is 24.4 Å². The molecule has 0 saturated carbocycles. The Bertz CT molecular complexity index is 1140. The lowest BCUT2D eigenvalue weighted by molar-refractivity contribution is -0.138. The van der Waals surface area contributed by atoms with E-state index in [1.807, 2.05) is 0 Å². The number of rotatable bonds is 4. The maximum absolute atomic E-state index is 13.5. The van der Waals surface area contributed by atoms with Crippen LogP contribution in [0.3, 0.4) is 0 Å². The van der Waals surface area contributed by atoms with E-state index in [0.29, 0.717) is 42.8 Å². The van der Waals surface area contributed by atoms with Crippen LogP contribution in [0.25, 0.3) is 0 Å². The maximum Gasteiger partial charge on any atom is 0.420 e. The minimum absolute atomic E-state index is 0.00334. The number of carbonyl (C=O) groups excluding carboxylic acids is 1. The largest absolute Gasteiger partial charge is 0.497 e. The Morgan fingerprint density at radius 1 is 1.18 bits per heavy atom. The number of methoxy groups -OCH3 is 2. The highest BCUT2D eigenvalue weighted by molar-refractivity contribution is 5.93. The molecule has 0 unspecified atom stereocenters. The number of benzene rings is 1. The Hall–Kier alpha value is -3.92. The van der Waals surface area contributed by atoms with Crippen molar-refractivity contribution in [1.29, 1.82) is 0 Å². The van der Waals surface area contributed by atoms with Gasteiger partial charge in [-0.3, -0.25) is 4.79 Å². The van der Waals surface area contributed by atoms with Crippen LogP contribution in [0.4, 0.5) is 19.1 Å². The fourth-order valence-corrected chi connectivity index (χ4v) is 3.20. The van der Waals surface area contributed by atoms with Gasteiger partial charge in [-0.1, -0.05) is 11.8 Å². The van der Waals surface area contributed by atoms with Gasteiger partial charge in [0, 0.05) is 37.0 Å². The molecule has 1 aliphatic rings. The second kappa shape index (κ2) is 10.1. The second-order valence-electron chi connectivity index (χ2n) is 7.06. The molecule has 0 radical (unpaired) electrons. The summed E-state index contributed by atoms with van der Waals surface area (Å²) >= 11 is 0. The van der Waals surface area contributed by atoms with Crippen LogP contribution in [0.1, 0.15) is 30.2 Å². The third-order valence-electron chi connectivity index (χ3n) is 4.81. The standard InChI is InChI=1S/C23H21F3N4O3/c1-4-5-21(31)30-9-8-16(14-30)28-22-27-13-19(23(24,25)26)20(29-22)7-6-15-10-17(32-2)12-18(11-15)33-3/h10-13,16H,8-9,14H2,1-3H3,(H,27,28,29)/t16-/m0/s1. The molecule has 0 aliphatic carbocycles. The highest BCUT2D eigenvalue weighted by Gasteiger charge is 2.35. The number of anilines is 1. The van der Waals surface area contributed by atoms with Crippen molar-refractivity contribution in [3.63, 3.8) is 0 Å². The lowest BCUT2D eigenvalue weighted by atomic mass is 10.1. The van der Waals surface area contributed by atoms with Crippen molar-refractivity contribution >= 4 is 11.9 Å². The normalized spacial score (nSPS) is 15.1. The van der Waals surface area contributed by atoms with Gasteiger partial charge in [0.1, 0.15) is 22.8 Å². The fourth-order valence-electron chi connectivity index (χ4n) is 3.20. The molecule has 0 bridgehead atoms. The van der Waals surface area contributed by atoms with Crippen molar-refractivity contribution in [1.82, 2.24) is 14.9 Å². The van der Waals surface area contributed by atoms with Crippen LogP contribution in [0, 0.1) is 23.7 Å². The zero-order valence-electron chi connectivity index (χ0n) is 18.2. The van der Waals surface area contributed by atoms with Crippen LogP contribution in [-0.2, 0) is 11.0 Å². The van der Waals surface area contributed by atoms with Gasteiger partial charge in [-0.15, -0.1) is 0 Å². The van der Waals surface area contributed by atoms with Crippen LogP contribution < -0.4 is 14.8 Å². The van der Waals surface area contributed by atoms with Crippen LogP contribution in [-0.4, -0.2) is 54.1 Å². The number of alkyl halides is 3. The Morgan fingerprint density at radius 2 is 1.88 bits per heavy atom. The minimum Gasteiger partial charge on any atom is -0.497 e. The highest BCUT2D eigenvalue weighted by atomic mass is 19.4. The molecule has 1 amide bonds. The molecule has 3 rings (SSSR count). The van der Waals surface area contributed by atoms with E-state index in [9.17, 15) is 18.0 Å². The number of nitrogens with zero attached hydrogens (tertiary/aromatic N) is 3. The Morgan fingerprint density at radius 3 is 2.48 bits per heavy atom. The van der Waals surface area contributed by atoms with Crippen molar-refractivity contribution in [2.45, 2.75) is 25.6 Å². The van der Waals surface area contributed by atoms with Crippen LogP contribution in [0.5, 0.6) is 11.5 Å². The van der Waals surface area contributed by atoms with Gasteiger partial charge in [-0.05, 0) is 37.3 Å². The van der Waals surface area contributed by atoms with Gasteiger partial charge in [0.2, 0.25) is 5.95 Å². The first kappa shape index (κ1) is 23.7. The molecular formula is C23H21F3N4O3. The van der Waals surface area contributed by atoms with Gasteiger partial charge >= 0.3 is 6.18 Å². The lowest BCUT2D eigenvalue weighted by Gasteiger charge is -2.15. The predicted molar refractivity (Wildman–Crippen MR) is 115 cm³/mol. The third-order valence-corrected chi connectivity index (χ3v) is 4.81. The number of halogens is 3. The van der Waals surface area contributed by atoms with Crippen molar-refractivity contribution in [3.8, 4) is 35.2 Å². The summed E-state index contributed by atoms with van der Waals surface area (Å²) in [6.07, 6.45) is -3.39. The van der Waals surface area contributed by atoms with Gasteiger partial charge < -0.3 is 19.7 Å². The number of hydrogen-bond donors (Lipinski definition) is 1. The zero-order chi connectivity index (χ0) is 24.0. The molecule has 172 valence electrons. The van der Waals surface area contributed by atoms with Crippen molar-refractivity contribution < 1.29 is 27.4 Å². The smallest absolute Gasteiger partial charge is 0.420 e. The number of carbonyl (C=O) groups is 1. The molecule has 10 heteroatoms. The van der Waals surface area contributed by atoms with Crippen LogP contribution in [0.2, 0.25) is 0 Å². The van der Waals surface area contributed by atoms with E-state index in [1.54, 1.807) is 30.0 Å². The predicted octanol–water partition coefficient (Wildman–Crippen LogP) is 2.95. The first-order valence-corrected chi connectivity index (χ1v) is 9.91. The molecular weight excluding hydrogens is 437 g/mol. The Labute approximate surface area is 189 Å². The monoisotopic (exact) mass is 458 g/mol. The Balaban J connectivity index is 1.87. The number of aromatic nitrogens is 2. The topological polar surface area (TPSA) is 76.6 Å². The van der Waals surface area contributed by atoms with E-state index in [1.165, 1.54) is 14.2 Å². The first-order chi connectivity index (χ1) is 15.7. The highest BCUT2D eigenvalue weighted by Crippen LogP contribution is 2.31. The van der Waals surface area contributed by atoms with Gasteiger partial charge in [0.05, 0.1) is 14.2 Å². The number of amides is 1. The average molecular weight is 458 g/mol. The molecule has 2 heterocycles.